The van der Waals surface area contributed by atoms with Crippen molar-refractivity contribution in [2.75, 3.05) is 0 Å². The van der Waals surface area contributed by atoms with E-state index in [2.05, 4.69) is 25.3 Å². The summed E-state index contributed by atoms with van der Waals surface area (Å²) in [4.78, 5) is 8.79. The molecule has 8 heteroatoms. The first-order valence-electron chi connectivity index (χ1n) is 8.03. The van der Waals surface area contributed by atoms with Gasteiger partial charge in [0.05, 0.1) is 6.20 Å². The SMILES string of the molecule is CCn1ncnc1COc1cn2c(C)nnc(-c3ccccc3)c2n1. The molecule has 8 nitrogen and oxygen atoms in total. The van der Waals surface area contributed by atoms with Gasteiger partial charge >= 0.3 is 0 Å². The van der Waals surface area contributed by atoms with Gasteiger partial charge in [-0.3, -0.25) is 4.40 Å². The van der Waals surface area contributed by atoms with Crippen LogP contribution in [0.4, 0.5) is 0 Å². The van der Waals surface area contributed by atoms with Crippen LogP contribution in [-0.2, 0) is 13.2 Å². The third-order valence-electron chi connectivity index (χ3n) is 3.93. The Morgan fingerprint density at radius 1 is 1.12 bits per heavy atom. The number of fused-ring (bicyclic) bond motifs is 1. The van der Waals surface area contributed by atoms with Crippen LogP contribution >= 0.6 is 0 Å². The molecule has 126 valence electrons. The Hall–Kier alpha value is -3.29. The fraction of sp³-hybridized carbons (Fsp3) is 0.235. The van der Waals surface area contributed by atoms with Gasteiger partial charge in [0.2, 0.25) is 5.88 Å². The topological polar surface area (TPSA) is 83.0 Å². The Morgan fingerprint density at radius 3 is 2.76 bits per heavy atom. The second-order valence-electron chi connectivity index (χ2n) is 5.52. The number of hydrogen-bond acceptors (Lipinski definition) is 6. The lowest BCUT2D eigenvalue weighted by Gasteiger charge is -2.03. The first kappa shape index (κ1) is 15.3. The van der Waals surface area contributed by atoms with Crippen LogP contribution in [0.15, 0.2) is 42.9 Å². The van der Waals surface area contributed by atoms with Crippen molar-refractivity contribution in [1.29, 1.82) is 0 Å². The number of nitrogens with zero attached hydrogens (tertiary/aromatic N) is 7. The van der Waals surface area contributed by atoms with Gasteiger partial charge in [0.1, 0.15) is 24.5 Å². The minimum absolute atomic E-state index is 0.304. The van der Waals surface area contributed by atoms with Crippen LogP contribution in [-0.4, -0.2) is 34.3 Å². The van der Waals surface area contributed by atoms with Gasteiger partial charge in [0.15, 0.2) is 11.5 Å². The van der Waals surface area contributed by atoms with Crippen LogP contribution in [0.5, 0.6) is 5.88 Å². The van der Waals surface area contributed by atoms with E-state index in [-0.39, 0.29) is 0 Å². The summed E-state index contributed by atoms with van der Waals surface area (Å²) in [7, 11) is 0. The smallest absolute Gasteiger partial charge is 0.233 e. The van der Waals surface area contributed by atoms with E-state index in [0.717, 1.165) is 29.5 Å². The molecule has 0 unspecified atom stereocenters. The molecular formula is C17H17N7O. The molecule has 0 amide bonds. The monoisotopic (exact) mass is 335 g/mol. The van der Waals surface area contributed by atoms with Gasteiger partial charge in [-0.05, 0) is 13.8 Å². The summed E-state index contributed by atoms with van der Waals surface area (Å²) in [5, 5.41) is 12.7. The molecule has 0 radical (unpaired) electrons. The molecule has 4 aromatic rings. The standard InChI is InChI=1S/C17H17N7O/c1-3-24-14(18-11-19-24)10-25-15-9-23-12(2)21-22-16(17(23)20-15)13-7-5-4-6-8-13/h4-9,11H,3,10H2,1-2H3. The van der Waals surface area contributed by atoms with E-state index in [4.69, 9.17) is 4.74 Å². The van der Waals surface area contributed by atoms with Gasteiger partial charge in [0, 0.05) is 12.1 Å². The molecular weight excluding hydrogens is 318 g/mol. The quantitative estimate of drug-likeness (QED) is 0.556. The van der Waals surface area contributed by atoms with Crippen LogP contribution in [0.25, 0.3) is 16.9 Å². The Bertz CT molecular complexity index is 1010. The predicted octanol–water partition coefficient (Wildman–Crippen LogP) is 2.29. The normalized spacial score (nSPS) is 11.1. The van der Waals surface area contributed by atoms with Crippen molar-refractivity contribution >= 4 is 5.65 Å². The lowest BCUT2D eigenvalue weighted by atomic mass is 10.1. The van der Waals surface area contributed by atoms with E-state index in [1.165, 1.54) is 6.33 Å². The molecule has 0 saturated heterocycles. The van der Waals surface area contributed by atoms with Crippen molar-refractivity contribution in [3.63, 3.8) is 0 Å². The molecule has 0 aliphatic rings. The zero-order valence-electron chi connectivity index (χ0n) is 14.0. The average molecular weight is 335 g/mol. The third-order valence-corrected chi connectivity index (χ3v) is 3.93. The zero-order chi connectivity index (χ0) is 17.2. The van der Waals surface area contributed by atoms with Gasteiger partial charge in [-0.2, -0.15) is 10.1 Å². The highest BCUT2D eigenvalue weighted by atomic mass is 16.5. The molecule has 0 atom stereocenters. The van der Waals surface area contributed by atoms with E-state index in [0.29, 0.717) is 18.1 Å². The van der Waals surface area contributed by atoms with E-state index >= 15 is 0 Å². The molecule has 0 bridgehead atoms. The predicted molar refractivity (Wildman–Crippen MR) is 91.0 cm³/mol. The number of aryl methyl sites for hydroxylation is 2. The maximum atomic E-state index is 5.81. The van der Waals surface area contributed by atoms with E-state index in [9.17, 15) is 0 Å². The van der Waals surface area contributed by atoms with E-state index < -0.39 is 0 Å². The minimum atomic E-state index is 0.304. The first-order valence-corrected chi connectivity index (χ1v) is 8.03. The average Bonchev–Trinajstić information content (AvgIpc) is 3.28. The minimum Gasteiger partial charge on any atom is -0.468 e. The molecule has 3 aromatic heterocycles. The Labute approximate surface area is 144 Å². The second kappa shape index (κ2) is 6.31. The number of benzene rings is 1. The Kier molecular flexibility index (Phi) is 3.85. The summed E-state index contributed by atoms with van der Waals surface area (Å²) in [6.07, 6.45) is 3.34. The van der Waals surface area contributed by atoms with Crippen LogP contribution in [0.3, 0.4) is 0 Å². The Morgan fingerprint density at radius 2 is 1.96 bits per heavy atom. The molecule has 0 N–H and O–H groups in total. The van der Waals surface area contributed by atoms with Crippen LogP contribution < -0.4 is 4.74 Å². The number of hydrogen-bond donors (Lipinski definition) is 0. The molecule has 0 aliphatic carbocycles. The summed E-state index contributed by atoms with van der Waals surface area (Å²) in [6, 6.07) is 9.86. The van der Waals surface area contributed by atoms with Crippen LogP contribution in [0.2, 0.25) is 0 Å². The number of imidazole rings is 1. The molecule has 4 rings (SSSR count). The maximum absolute atomic E-state index is 5.81. The number of ether oxygens (including phenoxy) is 1. The number of rotatable bonds is 5. The third kappa shape index (κ3) is 2.82. The van der Waals surface area contributed by atoms with Gasteiger partial charge in [-0.25, -0.2) is 9.67 Å². The van der Waals surface area contributed by atoms with Gasteiger partial charge in [-0.15, -0.1) is 10.2 Å². The van der Waals surface area contributed by atoms with Gasteiger partial charge < -0.3 is 4.74 Å². The second-order valence-corrected chi connectivity index (χ2v) is 5.52. The lowest BCUT2D eigenvalue weighted by Crippen LogP contribution is -2.07. The first-order chi connectivity index (χ1) is 12.3. The molecule has 3 heterocycles. The lowest BCUT2D eigenvalue weighted by molar-refractivity contribution is 0.278. The summed E-state index contributed by atoms with van der Waals surface area (Å²) < 4.78 is 9.49. The van der Waals surface area contributed by atoms with Gasteiger partial charge in [-0.1, -0.05) is 30.3 Å². The summed E-state index contributed by atoms with van der Waals surface area (Å²) >= 11 is 0. The van der Waals surface area contributed by atoms with E-state index in [1.54, 1.807) is 4.68 Å². The van der Waals surface area contributed by atoms with Crippen LogP contribution in [0, 0.1) is 6.92 Å². The van der Waals surface area contributed by atoms with Crippen molar-refractivity contribution in [3.8, 4) is 17.1 Å². The molecule has 0 aliphatic heterocycles. The van der Waals surface area contributed by atoms with Crippen molar-refractivity contribution in [2.45, 2.75) is 27.0 Å². The molecule has 1 aromatic carbocycles. The zero-order valence-corrected chi connectivity index (χ0v) is 14.0. The van der Waals surface area contributed by atoms with Crippen LogP contribution in [0.1, 0.15) is 18.6 Å². The van der Waals surface area contributed by atoms with Crippen molar-refractivity contribution in [1.82, 2.24) is 34.3 Å². The summed E-state index contributed by atoms with van der Waals surface area (Å²) in [6.45, 7) is 4.94. The van der Waals surface area contributed by atoms with E-state index in [1.807, 2.05) is 54.8 Å². The van der Waals surface area contributed by atoms with Crippen molar-refractivity contribution in [2.24, 2.45) is 0 Å². The highest BCUT2D eigenvalue weighted by molar-refractivity contribution is 5.73. The summed E-state index contributed by atoms with van der Waals surface area (Å²) in [5.41, 5.74) is 2.39. The molecule has 25 heavy (non-hydrogen) atoms. The Balaban J connectivity index is 1.69. The fourth-order valence-electron chi connectivity index (χ4n) is 2.64. The molecule has 0 spiro atoms. The van der Waals surface area contributed by atoms with Crippen molar-refractivity contribution < 1.29 is 4.74 Å². The van der Waals surface area contributed by atoms with Gasteiger partial charge in [0.25, 0.3) is 0 Å². The maximum Gasteiger partial charge on any atom is 0.233 e. The fourth-order valence-corrected chi connectivity index (χ4v) is 2.64. The highest BCUT2D eigenvalue weighted by Gasteiger charge is 2.14. The van der Waals surface area contributed by atoms with Crippen molar-refractivity contribution in [3.05, 3.63) is 54.5 Å². The number of aromatic nitrogens is 7. The largest absolute Gasteiger partial charge is 0.468 e. The summed E-state index contributed by atoms with van der Waals surface area (Å²) in [5.74, 6) is 2.00. The highest BCUT2D eigenvalue weighted by Crippen LogP contribution is 2.24. The molecule has 0 fully saturated rings. The molecule has 0 saturated carbocycles.